The van der Waals surface area contributed by atoms with Crippen molar-refractivity contribution in [2.75, 3.05) is 0 Å². The van der Waals surface area contributed by atoms with Crippen LogP contribution in [0.2, 0.25) is 10.0 Å². The molecule has 0 saturated heterocycles. The lowest BCUT2D eigenvalue weighted by molar-refractivity contribution is 0.376. The van der Waals surface area contributed by atoms with Gasteiger partial charge in [0.05, 0.1) is 12.3 Å². The number of halogens is 3. The van der Waals surface area contributed by atoms with Crippen molar-refractivity contribution in [1.29, 1.82) is 0 Å². The quantitative estimate of drug-likeness (QED) is 0.568. The lowest BCUT2D eigenvalue weighted by Gasteiger charge is -2.08. The zero-order valence-electron chi connectivity index (χ0n) is 13.1. The SMILES string of the molecule is O=S(=O)(Cc1c(Cl)cccc1Cl)NCc1nc(-c2cccc(Br)c2)no1. The Bertz CT molecular complexity index is 1020. The lowest BCUT2D eigenvalue weighted by Crippen LogP contribution is -2.25. The summed E-state index contributed by atoms with van der Waals surface area (Å²) in [6, 6.07) is 12.2. The molecule has 3 aromatic rings. The van der Waals surface area contributed by atoms with Crippen LogP contribution in [0.15, 0.2) is 51.5 Å². The first kappa shape index (κ1) is 19.3. The van der Waals surface area contributed by atoms with Gasteiger partial charge < -0.3 is 4.52 Å². The van der Waals surface area contributed by atoms with Gasteiger partial charge in [-0.25, -0.2) is 13.1 Å². The van der Waals surface area contributed by atoms with Crippen molar-refractivity contribution in [2.45, 2.75) is 12.3 Å². The summed E-state index contributed by atoms with van der Waals surface area (Å²) in [6.07, 6.45) is 0. The first-order valence-corrected chi connectivity index (χ1v) is 10.5. The van der Waals surface area contributed by atoms with E-state index in [4.69, 9.17) is 27.7 Å². The summed E-state index contributed by atoms with van der Waals surface area (Å²) in [6.45, 7) is -0.134. The number of nitrogens with one attached hydrogen (secondary N) is 1. The molecule has 0 saturated carbocycles. The molecule has 1 aromatic heterocycles. The highest BCUT2D eigenvalue weighted by molar-refractivity contribution is 9.10. The molecule has 0 unspecified atom stereocenters. The number of benzene rings is 2. The predicted molar refractivity (Wildman–Crippen MR) is 103 cm³/mol. The van der Waals surface area contributed by atoms with Crippen LogP contribution in [0.1, 0.15) is 11.5 Å². The Kier molecular flexibility index (Phi) is 5.99. The van der Waals surface area contributed by atoms with E-state index in [-0.39, 0.29) is 28.2 Å². The van der Waals surface area contributed by atoms with Crippen LogP contribution < -0.4 is 4.72 Å². The monoisotopic (exact) mass is 475 g/mol. The van der Waals surface area contributed by atoms with Gasteiger partial charge in [-0.1, -0.05) is 62.5 Å². The van der Waals surface area contributed by atoms with Crippen molar-refractivity contribution in [3.05, 3.63) is 68.4 Å². The smallest absolute Gasteiger partial charge is 0.242 e. The maximum Gasteiger partial charge on any atom is 0.242 e. The second kappa shape index (κ2) is 8.06. The average Bonchev–Trinajstić information content (AvgIpc) is 3.06. The molecule has 1 N–H and O–H groups in total. The first-order chi connectivity index (χ1) is 12.3. The van der Waals surface area contributed by atoms with E-state index in [9.17, 15) is 8.42 Å². The van der Waals surface area contributed by atoms with E-state index in [0.717, 1.165) is 10.0 Å². The summed E-state index contributed by atoms with van der Waals surface area (Å²) in [5, 5.41) is 4.44. The number of rotatable bonds is 6. The summed E-state index contributed by atoms with van der Waals surface area (Å²) in [4.78, 5) is 4.19. The average molecular weight is 477 g/mol. The Morgan fingerprint density at radius 3 is 2.50 bits per heavy atom. The highest BCUT2D eigenvalue weighted by atomic mass is 79.9. The van der Waals surface area contributed by atoms with E-state index in [1.165, 1.54) is 0 Å². The third-order valence-corrected chi connectivity index (χ3v) is 5.84. The molecule has 26 heavy (non-hydrogen) atoms. The van der Waals surface area contributed by atoms with Crippen molar-refractivity contribution in [3.63, 3.8) is 0 Å². The van der Waals surface area contributed by atoms with Crippen LogP contribution in [0.25, 0.3) is 11.4 Å². The summed E-state index contributed by atoms with van der Waals surface area (Å²) in [5.41, 5.74) is 1.09. The van der Waals surface area contributed by atoms with Crippen LogP contribution in [-0.2, 0) is 22.3 Å². The minimum absolute atomic E-state index is 0.134. The highest BCUT2D eigenvalue weighted by Crippen LogP contribution is 2.26. The van der Waals surface area contributed by atoms with Gasteiger partial charge in [-0.2, -0.15) is 4.98 Å². The van der Waals surface area contributed by atoms with Crippen molar-refractivity contribution in [1.82, 2.24) is 14.9 Å². The predicted octanol–water partition coefficient (Wildman–Crippen LogP) is 4.43. The summed E-state index contributed by atoms with van der Waals surface area (Å²) < 4.78 is 32.9. The van der Waals surface area contributed by atoms with Gasteiger partial charge in [0.1, 0.15) is 0 Å². The normalized spacial score (nSPS) is 11.7. The molecule has 0 radical (unpaired) electrons. The Morgan fingerprint density at radius 1 is 1.12 bits per heavy atom. The summed E-state index contributed by atoms with van der Waals surface area (Å²) >= 11 is 15.4. The van der Waals surface area contributed by atoms with Gasteiger partial charge in [-0.15, -0.1) is 0 Å². The zero-order valence-corrected chi connectivity index (χ0v) is 17.0. The Labute approximate surface area is 168 Å². The maximum atomic E-state index is 12.3. The van der Waals surface area contributed by atoms with E-state index < -0.39 is 10.0 Å². The summed E-state index contributed by atoms with van der Waals surface area (Å²) in [7, 11) is -3.69. The van der Waals surface area contributed by atoms with Crippen molar-refractivity contribution < 1.29 is 12.9 Å². The first-order valence-electron chi connectivity index (χ1n) is 7.33. The number of hydrogen-bond acceptors (Lipinski definition) is 5. The van der Waals surface area contributed by atoms with Crippen LogP contribution in [-0.4, -0.2) is 18.6 Å². The van der Waals surface area contributed by atoms with E-state index in [1.54, 1.807) is 18.2 Å². The molecule has 0 aliphatic rings. The van der Waals surface area contributed by atoms with Crippen LogP contribution in [0.4, 0.5) is 0 Å². The third-order valence-electron chi connectivity index (χ3n) is 3.39. The molecule has 0 atom stereocenters. The maximum absolute atomic E-state index is 12.3. The molecule has 0 aliphatic heterocycles. The van der Waals surface area contributed by atoms with Crippen molar-refractivity contribution in [2.24, 2.45) is 0 Å². The van der Waals surface area contributed by atoms with Gasteiger partial charge in [-0.3, -0.25) is 0 Å². The minimum atomic E-state index is -3.69. The van der Waals surface area contributed by atoms with Crippen molar-refractivity contribution in [3.8, 4) is 11.4 Å². The van der Waals surface area contributed by atoms with Crippen LogP contribution >= 0.6 is 39.1 Å². The largest absolute Gasteiger partial charge is 0.338 e. The minimum Gasteiger partial charge on any atom is -0.338 e. The third kappa shape index (κ3) is 4.83. The lowest BCUT2D eigenvalue weighted by atomic mass is 10.2. The number of hydrogen-bond donors (Lipinski definition) is 1. The molecular formula is C16H12BrCl2N3O3S. The van der Waals surface area contributed by atoms with Gasteiger partial charge in [0.2, 0.25) is 21.7 Å². The van der Waals surface area contributed by atoms with E-state index in [2.05, 4.69) is 30.8 Å². The fourth-order valence-electron chi connectivity index (χ4n) is 2.15. The summed E-state index contributed by atoms with van der Waals surface area (Å²) in [5.74, 6) is 0.168. The molecule has 1 heterocycles. The number of sulfonamides is 1. The van der Waals surface area contributed by atoms with E-state index in [0.29, 0.717) is 11.4 Å². The Balaban J connectivity index is 1.69. The molecule has 136 valence electrons. The molecule has 0 bridgehead atoms. The van der Waals surface area contributed by atoms with Crippen LogP contribution in [0.5, 0.6) is 0 Å². The molecule has 2 aromatic carbocycles. The second-order valence-electron chi connectivity index (χ2n) is 5.30. The fraction of sp³-hybridized carbons (Fsp3) is 0.125. The molecule has 0 spiro atoms. The highest BCUT2D eigenvalue weighted by Gasteiger charge is 2.18. The molecule has 0 amide bonds. The molecule has 0 aliphatic carbocycles. The number of nitrogens with zero attached hydrogens (tertiary/aromatic N) is 2. The van der Waals surface area contributed by atoms with Gasteiger partial charge >= 0.3 is 0 Å². The van der Waals surface area contributed by atoms with Gasteiger partial charge in [0.15, 0.2) is 0 Å². The zero-order chi connectivity index (χ0) is 18.7. The molecule has 6 nitrogen and oxygen atoms in total. The van der Waals surface area contributed by atoms with Gasteiger partial charge in [0, 0.05) is 25.6 Å². The second-order valence-corrected chi connectivity index (χ2v) is 8.84. The van der Waals surface area contributed by atoms with E-state index in [1.807, 2.05) is 24.3 Å². The van der Waals surface area contributed by atoms with E-state index >= 15 is 0 Å². The number of aromatic nitrogens is 2. The molecule has 0 fully saturated rings. The standard InChI is InChI=1S/C16H12BrCl2N3O3S/c17-11-4-1-3-10(7-11)16-21-15(25-22-16)8-20-26(23,24)9-12-13(18)5-2-6-14(12)19/h1-7,20H,8-9H2. The Hall–Kier alpha value is -1.45. The molecule has 3 rings (SSSR count). The van der Waals surface area contributed by atoms with Crippen molar-refractivity contribution >= 4 is 49.2 Å². The molecular weight excluding hydrogens is 465 g/mol. The van der Waals surface area contributed by atoms with Crippen LogP contribution in [0.3, 0.4) is 0 Å². The van der Waals surface area contributed by atoms with Gasteiger partial charge in [0.25, 0.3) is 0 Å². The topological polar surface area (TPSA) is 85.1 Å². The Morgan fingerprint density at radius 2 is 1.81 bits per heavy atom. The van der Waals surface area contributed by atoms with Gasteiger partial charge in [-0.05, 0) is 24.3 Å². The van der Waals surface area contributed by atoms with Crippen LogP contribution in [0, 0.1) is 0 Å². The fourth-order valence-corrected chi connectivity index (χ4v) is 4.38. The molecule has 10 heteroatoms.